The molecule has 0 aliphatic rings. The minimum absolute atomic E-state index is 0.215. The Labute approximate surface area is 144 Å². The molecule has 122 valence electrons. The Kier molecular flexibility index (Phi) is 5.38. The summed E-state index contributed by atoms with van der Waals surface area (Å²) in [5.74, 6) is -1.03. The van der Waals surface area contributed by atoms with E-state index in [1.165, 1.54) is 13.8 Å². The summed E-state index contributed by atoms with van der Waals surface area (Å²) in [6, 6.07) is 3.42. The molecule has 2 rings (SSSR count). The van der Waals surface area contributed by atoms with E-state index in [1.54, 1.807) is 19.1 Å². The van der Waals surface area contributed by atoms with Gasteiger partial charge in [-0.05, 0) is 28.9 Å². The van der Waals surface area contributed by atoms with Crippen LogP contribution in [0.1, 0.15) is 30.4 Å². The standard InChI is InChI=1S/C15H14BrNO5S/c1-4-21-15(20)14-11(17-7(2)18)9-5-6-10(16)12(13(9)23-14)22-8(3)19/h5-6H,4H2,1-3H3,(H,17,18). The number of carbonyl (C=O) groups excluding carboxylic acids is 3. The van der Waals surface area contributed by atoms with Crippen LogP contribution in [0.3, 0.4) is 0 Å². The van der Waals surface area contributed by atoms with Crippen molar-refractivity contribution >= 4 is 60.9 Å². The van der Waals surface area contributed by atoms with E-state index in [-0.39, 0.29) is 17.4 Å². The molecule has 0 bridgehead atoms. The van der Waals surface area contributed by atoms with Crippen LogP contribution in [0.25, 0.3) is 10.1 Å². The Morgan fingerprint density at radius 3 is 2.52 bits per heavy atom. The van der Waals surface area contributed by atoms with Crippen LogP contribution in [0.5, 0.6) is 5.75 Å². The van der Waals surface area contributed by atoms with Gasteiger partial charge in [-0.15, -0.1) is 11.3 Å². The first-order valence-corrected chi connectivity index (χ1v) is 8.34. The molecule has 1 amide bonds. The second-order valence-corrected chi connectivity index (χ2v) is 6.43. The first-order chi connectivity index (χ1) is 10.8. The van der Waals surface area contributed by atoms with E-state index >= 15 is 0 Å². The molecule has 0 aliphatic carbocycles. The smallest absolute Gasteiger partial charge is 0.350 e. The van der Waals surface area contributed by atoms with E-state index < -0.39 is 11.9 Å². The molecule has 0 saturated heterocycles. The quantitative estimate of drug-likeness (QED) is 0.625. The largest absolute Gasteiger partial charge is 0.462 e. The topological polar surface area (TPSA) is 81.7 Å². The highest BCUT2D eigenvalue weighted by molar-refractivity contribution is 9.10. The van der Waals surface area contributed by atoms with E-state index in [1.807, 2.05) is 0 Å². The summed E-state index contributed by atoms with van der Waals surface area (Å²) in [5.41, 5.74) is 0.358. The number of amides is 1. The Morgan fingerprint density at radius 2 is 1.96 bits per heavy atom. The van der Waals surface area contributed by atoms with Crippen LogP contribution in [0.15, 0.2) is 16.6 Å². The number of anilines is 1. The van der Waals surface area contributed by atoms with E-state index in [4.69, 9.17) is 9.47 Å². The number of carbonyl (C=O) groups is 3. The Balaban J connectivity index is 2.72. The van der Waals surface area contributed by atoms with Crippen LogP contribution in [0.2, 0.25) is 0 Å². The third-order valence-corrected chi connectivity index (χ3v) is 4.58. The number of nitrogens with one attached hydrogen (secondary N) is 1. The zero-order valence-electron chi connectivity index (χ0n) is 12.7. The Morgan fingerprint density at radius 1 is 1.26 bits per heavy atom. The molecular formula is C15H14BrNO5S. The zero-order chi connectivity index (χ0) is 17.1. The van der Waals surface area contributed by atoms with Gasteiger partial charge in [-0.25, -0.2) is 4.79 Å². The molecule has 0 radical (unpaired) electrons. The van der Waals surface area contributed by atoms with Crippen LogP contribution in [0.4, 0.5) is 5.69 Å². The maximum Gasteiger partial charge on any atom is 0.350 e. The Hall–Kier alpha value is -1.93. The van der Waals surface area contributed by atoms with Crippen LogP contribution in [0, 0.1) is 0 Å². The second kappa shape index (κ2) is 7.10. The fourth-order valence-corrected chi connectivity index (χ4v) is 3.67. The third kappa shape index (κ3) is 3.70. The molecule has 1 aromatic carbocycles. The van der Waals surface area contributed by atoms with Gasteiger partial charge in [-0.2, -0.15) is 0 Å². The minimum atomic E-state index is -0.539. The molecule has 0 unspecified atom stereocenters. The average Bonchev–Trinajstić information content (AvgIpc) is 2.80. The highest BCUT2D eigenvalue weighted by Gasteiger charge is 2.24. The number of halogens is 1. The molecule has 23 heavy (non-hydrogen) atoms. The molecule has 1 aromatic heterocycles. The van der Waals surface area contributed by atoms with Crippen molar-refractivity contribution in [2.75, 3.05) is 11.9 Å². The lowest BCUT2D eigenvalue weighted by molar-refractivity contribution is -0.131. The van der Waals surface area contributed by atoms with Gasteiger partial charge < -0.3 is 14.8 Å². The molecule has 0 fully saturated rings. The Bertz CT molecular complexity index is 799. The van der Waals surface area contributed by atoms with E-state index in [0.29, 0.717) is 26.0 Å². The van der Waals surface area contributed by atoms with Gasteiger partial charge in [0.2, 0.25) is 5.91 Å². The molecular weight excluding hydrogens is 386 g/mol. The lowest BCUT2D eigenvalue weighted by atomic mass is 10.2. The average molecular weight is 400 g/mol. The van der Waals surface area contributed by atoms with Gasteiger partial charge >= 0.3 is 11.9 Å². The number of esters is 2. The normalized spacial score (nSPS) is 10.4. The van der Waals surface area contributed by atoms with Gasteiger partial charge in [0.1, 0.15) is 4.88 Å². The van der Waals surface area contributed by atoms with Crippen molar-refractivity contribution in [1.82, 2.24) is 0 Å². The number of benzene rings is 1. The summed E-state index contributed by atoms with van der Waals surface area (Å²) in [6.45, 7) is 4.56. The highest BCUT2D eigenvalue weighted by Crippen LogP contribution is 2.44. The summed E-state index contributed by atoms with van der Waals surface area (Å²) in [5, 5.41) is 3.25. The van der Waals surface area contributed by atoms with Crippen molar-refractivity contribution in [1.29, 1.82) is 0 Å². The van der Waals surface area contributed by atoms with E-state index in [0.717, 1.165) is 11.3 Å². The van der Waals surface area contributed by atoms with Gasteiger partial charge in [0.05, 0.1) is 21.5 Å². The molecule has 1 heterocycles. The summed E-state index contributed by atoms with van der Waals surface area (Å²) in [4.78, 5) is 35.2. The SMILES string of the molecule is CCOC(=O)c1sc2c(OC(C)=O)c(Br)ccc2c1NC(C)=O. The van der Waals surface area contributed by atoms with Crippen molar-refractivity contribution in [3.05, 3.63) is 21.5 Å². The fraction of sp³-hybridized carbons (Fsp3) is 0.267. The van der Waals surface area contributed by atoms with Gasteiger partial charge in [-0.3, -0.25) is 9.59 Å². The van der Waals surface area contributed by atoms with Crippen molar-refractivity contribution < 1.29 is 23.9 Å². The van der Waals surface area contributed by atoms with Crippen molar-refractivity contribution in [2.24, 2.45) is 0 Å². The summed E-state index contributed by atoms with van der Waals surface area (Å²) < 4.78 is 11.4. The predicted octanol–water partition coefficient (Wildman–Crippen LogP) is 3.72. The number of hydrogen-bond donors (Lipinski definition) is 1. The molecule has 0 saturated carbocycles. The molecule has 0 atom stereocenters. The van der Waals surface area contributed by atoms with Crippen LogP contribution in [-0.4, -0.2) is 24.5 Å². The number of rotatable bonds is 4. The molecule has 0 spiro atoms. The van der Waals surface area contributed by atoms with Gasteiger partial charge in [0.15, 0.2) is 5.75 Å². The van der Waals surface area contributed by atoms with Crippen LogP contribution < -0.4 is 10.1 Å². The first-order valence-electron chi connectivity index (χ1n) is 6.73. The third-order valence-electron chi connectivity index (χ3n) is 2.77. The van der Waals surface area contributed by atoms with Crippen molar-refractivity contribution in [2.45, 2.75) is 20.8 Å². The summed E-state index contributed by atoms with van der Waals surface area (Å²) in [6.07, 6.45) is 0. The number of ether oxygens (including phenoxy) is 2. The predicted molar refractivity (Wildman–Crippen MR) is 91.1 cm³/mol. The lowest BCUT2D eigenvalue weighted by Gasteiger charge is -2.06. The fourth-order valence-electron chi connectivity index (χ4n) is 1.99. The zero-order valence-corrected chi connectivity index (χ0v) is 15.1. The summed E-state index contributed by atoms with van der Waals surface area (Å²) >= 11 is 4.42. The van der Waals surface area contributed by atoms with Gasteiger partial charge in [0, 0.05) is 19.2 Å². The minimum Gasteiger partial charge on any atom is -0.462 e. The van der Waals surface area contributed by atoms with E-state index in [9.17, 15) is 14.4 Å². The monoisotopic (exact) mass is 399 g/mol. The van der Waals surface area contributed by atoms with Crippen LogP contribution in [-0.2, 0) is 14.3 Å². The summed E-state index contributed by atoms with van der Waals surface area (Å²) in [7, 11) is 0. The molecule has 6 nitrogen and oxygen atoms in total. The van der Waals surface area contributed by atoms with Crippen molar-refractivity contribution in [3.63, 3.8) is 0 Å². The molecule has 2 aromatic rings. The lowest BCUT2D eigenvalue weighted by Crippen LogP contribution is -2.10. The maximum absolute atomic E-state index is 12.2. The van der Waals surface area contributed by atoms with Gasteiger partial charge in [0.25, 0.3) is 0 Å². The molecule has 1 N–H and O–H groups in total. The number of fused-ring (bicyclic) bond motifs is 1. The van der Waals surface area contributed by atoms with Crippen molar-refractivity contribution in [3.8, 4) is 5.75 Å². The number of hydrogen-bond acceptors (Lipinski definition) is 6. The highest BCUT2D eigenvalue weighted by atomic mass is 79.9. The van der Waals surface area contributed by atoms with Crippen LogP contribution >= 0.6 is 27.3 Å². The maximum atomic E-state index is 12.2. The first kappa shape index (κ1) is 17.4. The van der Waals surface area contributed by atoms with Gasteiger partial charge in [-0.1, -0.05) is 6.07 Å². The van der Waals surface area contributed by atoms with E-state index in [2.05, 4.69) is 21.2 Å². The number of thiophene rings is 1. The molecule has 0 aliphatic heterocycles. The molecule has 8 heteroatoms. The second-order valence-electron chi connectivity index (χ2n) is 4.55.